The van der Waals surface area contributed by atoms with E-state index in [0.29, 0.717) is 0 Å². The molecule has 36 heavy (non-hydrogen) atoms. The normalized spacial score (nSPS) is 11.8. The predicted molar refractivity (Wildman–Crippen MR) is 119 cm³/mol. The van der Waals surface area contributed by atoms with Crippen LogP contribution >= 0.6 is 11.6 Å². The van der Waals surface area contributed by atoms with E-state index in [1.807, 2.05) is 0 Å². The molecule has 8 nitrogen and oxygen atoms in total. The molecule has 0 bridgehead atoms. The number of aromatic nitrogens is 4. The van der Waals surface area contributed by atoms with Gasteiger partial charge in [0.15, 0.2) is 5.82 Å². The summed E-state index contributed by atoms with van der Waals surface area (Å²) in [6, 6.07) is 6.61. The SMILES string of the molecule is Cc1c(NC(=O)c2cc(C(F)F)nn2-c2ncccc2Cl)c(C(N)=O)cc2nc(C(F)(F)F)ccc12. The third-order valence-electron chi connectivity index (χ3n) is 5.17. The van der Waals surface area contributed by atoms with E-state index in [9.17, 15) is 31.5 Å². The molecule has 4 rings (SSSR count). The number of halogens is 6. The van der Waals surface area contributed by atoms with Crippen LogP contribution in [0.1, 0.15) is 44.2 Å². The summed E-state index contributed by atoms with van der Waals surface area (Å²) in [6.45, 7) is 1.43. The lowest BCUT2D eigenvalue weighted by molar-refractivity contribution is -0.140. The third-order valence-corrected chi connectivity index (χ3v) is 5.47. The zero-order chi connectivity index (χ0) is 26.4. The van der Waals surface area contributed by atoms with E-state index in [1.54, 1.807) is 0 Å². The summed E-state index contributed by atoms with van der Waals surface area (Å²) in [6.07, 6.45) is -6.44. The van der Waals surface area contributed by atoms with Crippen LogP contribution in [0.15, 0.2) is 42.6 Å². The van der Waals surface area contributed by atoms with Gasteiger partial charge in [0, 0.05) is 11.6 Å². The standard InChI is InChI=1S/C22H14ClF5N6O2/c1-9-10-4-5-16(22(26,27)28)31-13(10)7-11(19(29)35)17(9)32-21(36)15-8-14(18(24)25)33-34(15)20-12(23)3-2-6-30-20/h2-8,18H,1H3,(H2,29,35)(H,32,36). The monoisotopic (exact) mass is 524 g/mol. The molecule has 14 heteroatoms. The van der Waals surface area contributed by atoms with Crippen molar-refractivity contribution in [2.24, 2.45) is 5.73 Å². The number of carbonyl (C=O) groups excluding carboxylic acids is 2. The van der Waals surface area contributed by atoms with Gasteiger partial charge in [-0.15, -0.1) is 0 Å². The lowest BCUT2D eigenvalue weighted by Gasteiger charge is -2.16. The molecule has 3 aromatic heterocycles. The average molecular weight is 525 g/mol. The summed E-state index contributed by atoms with van der Waals surface area (Å²) in [5.74, 6) is -2.16. The van der Waals surface area contributed by atoms with Gasteiger partial charge in [-0.2, -0.15) is 18.3 Å². The van der Waals surface area contributed by atoms with Gasteiger partial charge in [-0.3, -0.25) is 9.59 Å². The lowest BCUT2D eigenvalue weighted by Crippen LogP contribution is -2.22. The molecule has 0 unspecified atom stereocenters. The minimum atomic E-state index is -4.73. The highest BCUT2D eigenvalue weighted by molar-refractivity contribution is 6.32. The minimum Gasteiger partial charge on any atom is -0.366 e. The fourth-order valence-electron chi connectivity index (χ4n) is 3.50. The molecule has 4 aromatic rings. The van der Waals surface area contributed by atoms with Crippen LogP contribution in [0.4, 0.5) is 27.6 Å². The van der Waals surface area contributed by atoms with Gasteiger partial charge in [0.05, 0.1) is 21.8 Å². The molecule has 0 radical (unpaired) electrons. The first-order chi connectivity index (χ1) is 16.9. The smallest absolute Gasteiger partial charge is 0.366 e. The Morgan fingerprint density at radius 3 is 2.50 bits per heavy atom. The second-order valence-electron chi connectivity index (χ2n) is 7.48. The molecule has 0 aliphatic rings. The van der Waals surface area contributed by atoms with Crippen LogP contribution in [0.2, 0.25) is 5.02 Å². The van der Waals surface area contributed by atoms with E-state index >= 15 is 0 Å². The van der Waals surface area contributed by atoms with Crippen molar-refractivity contribution in [1.82, 2.24) is 19.7 Å². The second-order valence-corrected chi connectivity index (χ2v) is 7.89. The summed E-state index contributed by atoms with van der Waals surface area (Å²) >= 11 is 6.10. The van der Waals surface area contributed by atoms with Gasteiger partial charge in [0.1, 0.15) is 17.1 Å². The van der Waals surface area contributed by atoms with Gasteiger partial charge in [-0.25, -0.2) is 23.4 Å². The quantitative estimate of drug-likeness (QED) is 0.353. The number of fused-ring (bicyclic) bond motifs is 1. The highest BCUT2D eigenvalue weighted by Crippen LogP contribution is 2.34. The molecule has 1 aromatic carbocycles. The average Bonchev–Trinajstić information content (AvgIpc) is 3.25. The number of nitrogens with two attached hydrogens (primary N) is 1. The van der Waals surface area contributed by atoms with Crippen LogP contribution < -0.4 is 11.1 Å². The van der Waals surface area contributed by atoms with Crippen LogP contribution in [0.5, 0.6) is 0 Å². The molecule has 3 N–H and O–H groups in total. The predicted octanol–water partition coefficient (Wildman–Crippen LogP) is 5.08. The molecule has 0 spiro atoms. The van der Waals surface area contributed by atoms with E-state index < -0.39 is 41.5 Å². The number of nitrogens with zero attached hydrogens (tertiary/aromatic N) is 4. The Labute approximate surface area is 203 Å². The molecule has 186 valence electrons. The van der Waals surface area contributed by atoms with Crippen molar-refractivity contribution >= 4 is 40.0 Å². The molecular weight excluding hydrogens is 511 g/mol. The van der Waals surface area contributed by atoms with Gasteiger partial charge in [0.25, 0.3) is 18.2 Å². The van der Waals surface area contributed by atoms with E-state index in [0.717, 1.165) is 28.9 Å². The molecular formula is C22H14ClF5N6O2. The van der Waals surface area contributed by atoms with E-state index in [-0.39, 0.29) is 38.6 Å². The molecule has 0 aliphatic carbocycles. The second kappa shape index (κ2) is 9.15. The first-order valence-corrected chi connectivity index (χ1v) is 10.4. The number of pyridine rings is 2. The largest absolute Gasteiger partial charge is 0.433 e. The molecule has 0 fully saturated rings. The van der Waals surface area contributed by atoms with Crippen molar-refractivity contribution in [2.45, 2.75) is 19.5 Å². The fraction of sp³-hybridized carbons (Fsp3) is 0.136. The molecule has 0 saturated heterocycles. The van der Waals surface area contributed by atoms with Crippen LogP contribution in [-0.2, 0) is 6.18 Å². The number of primary amides is 1. The van der Waals surface area contributed by atoms with Crippen LogP contribution in [0, 0.1) is 6.92 Å². The van der Waals surface area contributed by atoms with Crippen LogP contribution in [0.25, 0.3) is 16.7 Å². The van der Waals surface area contributed by atoms with E-state index in [2.05, 4.69) is 20.4 Å². The number of hydrogen-bond donors (Lipinski definition) is 2. The van der Waals surface area contributed by atoms with Gasteiger partial charge in [-0.05, 0) is 42.8 Å². The van der Waals surface area contributed by atoms with Crippen molar-refractivity contribution in [3.8, 4) is 5.82 Å². The first kappa shape index (κ1) is 25.0. The van der Waals surface area contributed by atoms with Crippen LogP contribution in [0.3, 0.4) is 0 Å². The summed E-state index contributed by atoms with van der Waals surface area (Å²) in [5, 5.41) is 6.35. The molecule has 0 saturated carbocycles. The van der Waals surface area contributed by atoms with E-state index in [1.165, 1.54) is 25.3 Å². The molecule has 3 heterocycles. The summed E-state index contributed by atoms with van der Waals surface area (Å²) in [4.78, 5) is 32.8. The highest BCUT2D eigenvalue weighted by Gasteiger charge is 2.33. The zero-order valence-electron chi connectivity index (χ0n) is 18.1. The van der Waals surface area contributed by atoms with Crippen molar-refractivity contribution in [3.05, 3.63) is 75.8 Å². The number of hydrogen-bond acceptors (Lipinski definition) is 5. The topological polar surface area (TPSA) is 116 Å². The van der Waals surface area contributed by atoms with Gasteiger partial charge >= 0.3 is 6.18 Å². The first-order valence-electron chi connectivity index (χ1n) is 10.00. The van der Waals surface area contributed by atoms with E-state index in [4.69, 9.17) is 17.3 Å². The van der Waals surface area contributed by atoms with Crippen molar-refractivity contribution in [2.75, 3.05) is 5.32 Å². The highest BCUT2D eigenvalue weighted by atomic mass is 35.5. The fourth-order valence-corrected chi connectivity index (χ4v) is 3.70. The Morgan fingerprint density at radius 2 is 1.89 bits per heavy atom. The lowest BCUT2D eigenvalue weighted by atomic mass is 10.0. The third kappa shape index (κ3) is 4.56. The number of alkyl halides is 5. The Balaban J connectivity index is 1.84. The van der Waals surface area contributed by atoms with Crippen molar-refractivity contribution < 1.29 is 31.5 Å². The maximum Gasteiger partial charge on any atom is 0.433 e. The summed E-state index contributed by atoms with van der Waals surface area (Å²) in [5.41, 5.74) is 2.61. The van der Waals surface area contributed by atoms with Crippen LogP contribution in [-0.4, -0.2) is 31.6 Å². The molecule has 0 aliphatic heterocycles. The number of benzene rings is 1. The van der Waals surface area contributed by atoms with Crippen molar-refractivity contribution in [3.63, 3.8) is 0 Å². The Kier molecular flexibility index (Phi) is 6.35. The van der Waals surface area contributed by atoms with Gasteiger partial charge in [-0.1, -0.05) is 17.7 Å². The number of carbonyl (C=O) groups is 2. The van der Waals surface area contributed by atoms with Gasteiger partial charge < -0.3 is 11.1 Å². The molecule has 0 atom stereocenters. The minimum absolute atomic E-state index is 0.0155. The summed E-state index contributed by atoms with van der Waals surface area (Å²) < 4.78 is 66.9. The number of nitrogens with one attached hydrogen (secondary N) is 1. The summed E-state index contributed by atoms with van der Waals surface area (Å²) in [7, 11) is 0. The molecule has 2 amide bonds. The van der Waals surface area contributed by atoms with Crippen molar-refractivity contribution in [1.29, 1.82) is 0 Å². The van der Waals surface area contributed by atoms with Gasteiger partial charge in [0.2, 0.25) is 0 Å². The number of amides is 2. The number of anilines is 1. The Hall–Kier alpha value is -4.13. The number of rotatable bonds is 5. The maximum atomic E-state index is 13.4. The Bertz CT molecular complexity index is 1520. The number of aryl methyl sites for hydroxylation is 1. The maximum absolute atomic E-state index is 13.4. The Morgan fingerprint density at radius 1 is 1.17 bits per heavy atom. The zero-order valence-corrected chi connectivity index (χ0v) is 18.8.